The van der Waals surface area contributed by atoms with Gasteiger partial charge in [-0.25, -0.2) is 0 Å². The number of ether oxygens (including phenoxy) is 1. The van der Waals surface area contributed by atoms with E-state index in [2.05, 4.69) is 37.8 Å². The fourth-order valence-corrected chi connectivity index (χ4v) is 2.64. The summed E-state index contributed by atoms with van der Waals surface area (Å²) in [4.78, 5) is 0. The molecule has 0 aromatic carbocycles. The number of rotatable bonds is 10. The molecule has 0 heterocycles. The predicted octanol–water partition coefficient (Wildman–Crippen LogP) is 2.92. The van der Waals surface area contributed by atoms with E-state index in [0.29, 0.717) is 6.04 Å². The zero-order valence-corrected chi connectivity index (χ0v) is 11.5. The van der Waals surface area contributed by atoms with Crippen molar-refractivity contribution in [3.63, 3.8) is 0 Å². The molecule has 0 saturated carbocycles. The SMILES string of the molecule is CCCNC(C)CC(C)SCCCOC. The van der Waals surface area contributed by atoms with E-state index < -0.39 is 0 Å². The first kappa shape index (κ1) is 15.3. The molecule has 0 saturated heterocycles. The lowest BCUT2D eigenvalue weighted by molar-refractivity contribution is 0.200. The summed E-state index contributed by atoms with van der Waals surface area (Å²) < 4.78 is 5.03. The quantitative estimate of drug-likeness (QED) is 0.586. The van der Waals surface area contributed by atoms with Crippen LogP contribution in [0.25, 0.3) is 0 Å². The highest BCUT2D eigenvalue weighted by molar-refractivity contribution is 7.99. The van der Waals surface area contributed by atoms with Crippen molar-refractivity contribution in [3.05, 3.63) is 0 Å². The third kappa shape index (κ3) is 10.6. The molecule has 3 heteroatoms. The minimum Gasteiger partial charge on any atom is -0.385 e. The van der Waals surface area contributed by atoms with Gasteiger partial charge in [0, 0.05) is 25.0 Å². The lowest BCUT2D eigenvalue weighted by Gasteiger charge is -2.18. The van der Waals surface area contributed by atoms with E-state index in [1.807, 2.05) is 0 Å². The summed E-state index contributed by atoms with van der Waals surface area (Å²) in [5, 5.41) is 4.28. The van der Waals surface area contributed by atoms with Gasteiger partial charge in [-0.3, -0.25) is 0 Å². The van der Waals surface area contributed by atoms with Gasteiger partial charge < -0.3 is 10.1 Å². The maximum atomic E-state index is 5.03. The molecule has 0 spiro atoms. The van der Waals surface area contributed by atoms with Gasteiger partial charge in [0.15, 0.2) is 0 Å². The molecule has 0 rings (SSSR count). The summed E-state index contributed by atoms with van der Waals surface area (Å²) in [6.07, 6.45) is 3.65. The van der Waals surface area contributed by atoms with Crippen LogP contribution in [0.4, 0.5) is 0 Å². The lowest BCUT2D eigenvalue weighted by atomic mass is 10.2. The number of hydrogen-bond acceptors (Lipinski definition) is 3. The zero-order valence-electron chi connectivity index (χ0n) is 10.7. The van der Waals surface area contributed by atoms with Crippen LogP contribution in [-0.4, -0.2) is 37.3 Å². The van der Waals surface area contributed by atoms with Crippen LogP contribution in [0.3, 0.4) is 0 Å². The first-order valence-electron chi connectivity index (χ1n) is 6.04. The normalized spacial score (nSPS) is 15.2. The maximum absolute atomic E-state index is 5.03. The molecule has 1 N–H and O–H groups in total. The Hall–Kier alpha value is 0.270. The predicted molar refractivity (Wildman–Crippen MR) is 70.8 cm³/mol. The van der Waals surface area contributed by atoms with Crippen molar-refractivity contribution in [2.45, 2.75) is 51.3 Å². The second-order valence-electron chi connectivity index (χ2n) is 4.12. The fraction of sp³-hybridized carbons (Fsp3) is 1.00. The maximum Gasteiger partial charge on any atom is 0.0470 e. The molecule has 0 aliphatic heterocycles. The molecule has 0 aromatic rings. The van der Waals surface area contributed by atoms with Crippen molar-refractivity contribution in [1.29, 1.82) is 0 Å². The van der Waals surface area contributed by atoms with E-state index in [9.17, 15) is 0 Å². The minimum absolute atomic E-state index is 0.648. The van der Waals surface area contributed by atoms with Gasteiger partial charge in [-0.2, -0.15) is 11.8 Å². The fourth-order valence-electron chi connectivity index (χ4n) is 1.53. The van der Waals surface area contributed by atoms with E-state index in [1.54, 1.807) is 7.11 Å². The van der Waals surface area contributed by atoms with Crippen LogP contribution in [0.5, 0.6) is 0 Å². The largest absolute Gasteiger partial charge is 0.385 e. The van der Waals surface area contributed by atoms with E-state index in [4.69, 9.17) is 4.74 Å². The van der Waals surface area contributed by atoms with Gasteiger partial charge in [-0.15, -0.1) is 0 Å². The molecule has 0 aliphatic carbocycles. The summed E-state index contributed by atoms with van der Waals surface area (Å²) in [5.41, 5.74) is 0. The molecule has 0 amide bonds. The summed E-state index contributed by atoms with van der Waals surface area (Å²) in [5.74, 6) is 1.22. The molecule has 15 heavy (non-hydrogen) atoms. The Morgan fingerprint density at radius 1 is 1.33 bits per heavy atom. The molecule has 0 fully saturated rings. The van der Waals surface area contributed by atoms with Gasteiger partial charge in [0.25, 0.3) is 0 Å². The van der Waals surface area contributed by atoms with Crippen LogP contribution in [0.15, 0.2) is 0 Å². The molecular weight excluding hydrogens is 206 g/mol. The molecule has 0 aromatic heterocycles. The van der Waals surface area contributed by atoms with Gasteiger partial charge in [0.05, 0.1) is 0 Å². The van der Waals surface area contributed by atoms with Crippen LogP contribution in [0.1, 0.15) is 40.0 Å². The van der Waals surface area contributed by atoms with Crippen molar-refractivity contribution in [2.75, 3.05) is 26.0 Å². The third-order valence-electron chi connectivity index (χ3n) is 2.32. The monoisotopic (exact) mass is 233 g/mol. The molecule has 92 valence electrons. The van der Waals surface area contributed by atoms with E-state index in [-0.39, 0.29) is 0 Å². The van der Waals surface area contributed by atoms with Crippen LogP contribution >= 0.6 is 11.8 Å². The van der Waals surface area contributed by atoms with Crippen molar-refractivity contribution >= 4 is 11.8 Å². The average molecular weight is 233 g/mol. The lowest BCUT2D eigenvalue weighted by Crippen LogP contribution is -2.29. The van der Waals surface area contributed by atoms with Gasteiger partial charge in [0.1, 0.15) is 0 Å². The highest BCUT2D eigenvalue weighted by Crippen LogP contribution is 2.16. The molecule has 0 aliphatic rings. The summed E-state index contributed by atoms with van der Waals surface area (Å²) in [6.45, 7) is 8.84. The second kappa shape index (κ2) is 10.8. The van der Waals surface area contributed by atoms with E-state index in [0.717, 1.165) is 18.4 Å². The highest BCUT2D eigenvalue weighted by Gasteiger charge is 2.07. The summed E-state index contributed by atoms with van der Waals surface area (Å²) >= 11 is 2.06. The van der Waals surface area contributed by atoms with Crippen molar-refractivity contribution < 1.29 is 4.74 Å². The number of nitrogens with one attached hydrogen (secondary N) is 1. The van der Waals surface area contributed by atoms with Crippen LogP contribution in [0, 0.1) is 0 Å². The topological polar surface area (TPSA) is 21.3 Å². The van der Waals surface area contributed by atoms with E-state index >= 15 is 0 Å². The molecule has 2 unspecified atom stereocenters. The van der Waals surface area contributed by atoms with E-state index in [1.165, 1.54) is 25.0 Å². The second-order valence-corrected chi connectivity index (χ2v) is 5.66. The molecular formula is C12H27NOS. The molecule has 0 bridgehead atoms. The Morgan fingerprint density at radius 2 is 2.07 bits per heavy atom. The zero-order chi connectivity index (χ0) is 11.5. The average Bonchev–Trinajstić information content (AvgIpc) is 2.21. The Bertz CT molecular complexity index is 133. The van der Waals surface area contributed by atoms with Gasteiger partial charge in [-0.1, -0.05) is 13.8 Å². The third-order valence-corrected chi connectivity index (χ3v) is 3.61. The van der Waals surface area contributed by atoms with Crippen molar-refractivity contribution in [1.82, 2.24) is 5.32 Å². The van der Waals surface area contributed by atoms with Gasteiger partial charge in [-0.05, 0) is 38.5 Å². The molecule has 2 nitrogen and oxygen atoms in total. The first-order chi connectivity index (χ1) is 7.20. The summed E-state index contributed by atoms with van der Waals surface area (Å²) in [7, 11) is 1.77. The number of methoxy groups -OCH3 is 1. The first-order valence-corrected chi connectivity index (χ1v) is 7.09. The number of thioether (sulfide) groups is 1. The van der Waals surface area contributed by atoms with Crippen molar-refractivity contribution in [2.24, 2.45) is 0 Å². The van der Waals surface area contributed by atoms with Crippen LogP contribution in [0.2, 0.25) is 0 Å². The smallest absolute Gasteiger partial charge is 0.0470 e. The highest BCUT2D eigenvalue weighted by atomic mass is 32.2. The minimum atomic E-state index is 0.648. The van der Waals surface area contributed by atoms with Gasteiger partial charge in [0.2, 0.25) is 0 Å². The summed E-state index contributed by atoms with van der Waals surface area (Å²) in [6, 6.07) is 0.648. The molecule has 0 radical (unpaired) electrons. The Kier molecular flexibility index (Phi) is 11.0. The number of hydrogen-bond donors (Lipinski definition) is 1. The molecule has 2 atom stereocenters. The Labute approximate surface area is 99.5 Å². The van der Waals surface area contributed by atoms with Crippen LogP contribution < -0.4 is 5.32 Å². The van der Waals surface area contributed by atoms with Gasteiger partial charge >= 0.3 is 0 Å². The van der Waals surface area contributed by atoms with Crippen LogP contribution in [-0.2, 0) is 4.74 Å². The Morgan fingerprint density at radius 3 is 2.67 bits per heavy atom. The standard InChI is InChI=1S/C12H27NOS/c1-5-7-13-11(2)10-12(3)15-9-6-8-14-4/h11-13H,5-10H2,1-4H3. The Balaban J connectivity index is 3.33. The van der Waals surface area contributed by atoms with Crippen molar-refractivity contribution in [3.8, 4) is 0 Å².